The molecule has 3 heterocycles. The van der Waals surface area contributed by atoms with Gasteiger partial charge in [0.05, 0.1) is 11.9 Å². The van der Waals surface area contributed by atoms with E-state index in [0.717, 1.165) is 16.1 Å². The second-order valence-corrected chi connectivity index (χ2v) is 5.14. The number of hydrogen-bond donors (Lipinski definition) is 1. The van der Waals surface area contributed by atoms with E-state index in [9.17, 15) is 4.79 Å². The average Bonchev–Trinajstić information content (AvgIpc) is 3.13. The van der Waals surface area contributed by atoms with Crippen molar-refractivity contribution in [2.24, 2.45) is 7.05 Å². The standard InChI is InChI=1S/C11H12N6O2S/c1-7-8(17-11(18)16(2)14-15-17)6-20-9(7)5-19-10-3-4-12-13-10/h3-4,6H,5H2,1-2H3,(H,12,13). The summed E-state index contributed by atoms with van der Waals surface area (Å²) in [6.45, 7) is 2.34. The number of rotatable bonds is 4. The van der Waals surface area contributed by atoms with Crippen LogP contribution in [-0.2, 0) is 13.7 Å². The van der Waals surface area contributed by atoms with Gasteiger partial charge in [-0.25, -0.2) is 9.89 Å². The van der Waals surface area contributed by atoms with E-state index in [-0.39, 0.29) is 5.69 Å². The van der Waals surface area contributed by atoms with E-state index >= 15 is 0 Å². The van der Waals surface area contributed by atoms with E-state index in [1.54, 1.807) is 19.3 Å². The maximum absolute atomic E-state index is 11.8. The van der Waals surface area contributed by atoms with Gasteiger partial charge in [-0.1, -0.05) is 0 Å². The first-order chi connectivity index (χ1) is 9.66. The van der Waals surface area contributed by atoms with Gasteiger partial charge in [0, 0.05) is 23.4 Å². The highest BCUT2D eigenvalue weighted by Crippen LogP contribution is 2.24. The van der Waals surface area contributed by atoms with E-state index in [2.05, 4.69) is 20.6 Å². The largest absolute Gasteiger partial charge is 0.472 e. The Morgan fingerprint density at radius 1 is 1.45 bits per heavy atom. The maximum Gasteiger partial charge on any atom is 0.368 e. The molecule has 0 aliphatic heterocycles. The molecule has 0 aliphatic rings. The van der Waals surface area contributed by atoms with E-state index in [1.165, 1.54) is 20.7 Å². The number of aromatic amines is 1. The molecule has 0 radical (unpaired) electrons. The van der Waals surface area contributed by atoms with Gasteiger partial charge in [-0.2, -0.15) is 14.5 Å². The maximum atomic E-state index is 11.8. The summed E-state index contributed by atoms with van der Waals surface area (Å²) in [6.07, 6.45) is 1.63. The Morgan fingerprint density at radius 2 is 2.30 bits per heavy atom. The van der Waals surface area contributed by atoms with Crippen molar-refractivity contribution >= 4 is 11.3 Å². The highest BCUT2D eigenvalue weighted by atomic mass is 32.1. The number of ether oxygens (including phenoxy) is 1. The molecule has 3 aromatic heterocycles. The zero-order valence-corrected chi connectivity index (χ0v) is 11.7. The van der Waals surface area contributed by atoms with Gasteiger partial charge < -0.3 is 4.74 Å². The Bertz CT molecular complexity index is 769. The van der Waals surface area contributed by atoms with Crippen LogP contribution in [0.25, 0.3) is 5.69 Å². The monoisotopic (exact) mass is 292 g/mol. The quantitative estimate of drug-likeness (QED) is 0.762. The molecule has 3 rings (SSSR count). The Balaban J connectivity index is 1.85. The lowest BCUT2D eigenvalue weighted by Crippen LogP contribution is -2.22. The van der Waals surface area contributed by atoms with Crippen LogP contribution >= 0.6 is 11.3 Å². The van der Waals surface area contributed by atoms with Gasteiger partial charge in [0.1, 0.15) is 6.61 Å². The van der Waals surface area contributed by atoms with Crippen molar-refractivity contribution in [2.45, 2.75) is 13.5 Å². The van der Waals surface area contributed by atoms with Crippen LogP contribution in [0.3, 0.4) is 0 Å². The summed E-state index contributed by atoms with van der Waals surface area (Å²) < 4.78 is 8.04. The van der Waals surface area contributed by atoms with Crippen LogP contribution in [0.2, 0.25) is 0 Å². The number of hydrogen-bond acceptors (Lipinski definition) is 6. The van der Waals surface area contributed by atoms with E-state index < -0.39 is 0 Å². The number of H-pyrrole nitrogens is 1. The highest BCUT2D eigenvalue weighted by Gasteiger charge is 2.14. The van der Waals surface area contributed by atoms with Crippen LogP contribution in [0.15, 0.2) is 22.4 Å². The molecule has 0 fully saturated rings. The molecule has 0 saturated carbocycles. The van der Waals surface area contributed by atoms with Crippen molar-refractivity contribution in [3.8, 4) is 11.6 Å². The van der Waals surface area contributed by atoms with Gasteiger partial charge >= 0.3 is 5.69 Å². The predicted octanol–water partition coefficient (Wildman–Crippen LogP) is 0.638. The number of tetrazole rings is 1. The molecule has 0 amide bonds. The van der Waals surface area contributed by atoms with Gasteiger partial charge in [0.25, 0.3) is 0 Å². The van der Waals surface area contributed by atoms with Crippen molar-refractivity contribution in [3.05, 3.63) is 38.6 Å². The van der Waals surface area contributed by atoms with Crippen LogP contribution in [0, 0.1) is 6.92 Å². The van der Waals surface area contributed by atoms with E-state index in [0.29, 0.717) is 12.5 Å². The summed E-state index contributed by atoms with van der Waals surface area (Å²) in [5.41, 5.74) is 1.42. The third kappa shape index (κ3) is 2.11. The lowest BCUT2D eigenvalue weighted by Gasteiger charge is -2.03. The number of thiophene rings is 1. The number of nitrogens with one attached hydrogen (secondary N) is 1. The van der Waals surface area contributed by atoms with Crippen LogP contribution in [0.5, 0.6) is 5.88 Å². The number of aryl methyl sites for hydroxylation is 1. The van der Waals surface area contributed by atoms with Crippen LogP contribution in [-0.4, -0.2) is 30.0 Å². The molecule has 0 aliphatic carbocycles. The lowest BCUT2D eigenvalue weighted by molar-refractivity contribution is 0.296. The summed E-state index contributed by atoms with van der Waals surface area (Å²) in [5, 5.41) is 16.0. The van der Waals surface area contributed by atoms with E-state index in [1.807, 2.05) is 12.3 Å². The molecule has 1 N–H and O–H groups in total. The fourth-order valence-corrected chi connectivity index (χ4v) is 2.67. The summed E-state index contributed by atoms with van der Waals surface area (Å²) in [6, 6.07) is 1.75. The Kier molecular flexibility index (Phi) is 3.11. The van der Waals surface area contributed by atoms with Crippen LogP contribution < -0.4 is 10.4 Å². The van der Waals surface area contributed by atoms with Crippen molar-refractivity contribution in [2.75, 3.05) is 0 Å². The second-order valence-electron chi connectivity index (χ2n) is 4.18. The van der Waals surface area contributed by atoms with Gasteiger partial charge in [-0.3, -0.25) is 0 Å². The van der Waals surface area contributed by atoms with Gasteiger partial charge in [-0.05, 0) is 22.9 Å². The Morgan fingerprint density at radius 3 is 2.95 bits per heavy atom. The molecular weight excluding hydrogens is 280 g/mol. The minimum absolute atomic E-state index is 0.271. The summed E-state index contributed by atoms with van der Waals surface area (Å²) in [7, 11) is 1.57. The fourth-order valence-electron chi connectivity index (χ4n) is 1.73. The predicted molar refractivity (Wildman–Crippen MR) is 72.1 cm³/mol. The first-order valence-electron chi connectivity index (χ1n) is 5.85. The van der Waals surface area contributed by atoms with Crippen LogP contribution in [0.1, 0.15) is 10.4 Å². The molecule has 0 bridgehead atoms. The second kappa shape index (κ2) is 4.93. The van der Waals surface area contributed by atoms with E-state index in [4.69, 9.17) is 4.74 Å². The number of nitrogens with zero attached hydrogens (tertiary/aromatic N) is 5. The van der Waals surface area contributed by atoms with Crippen molar-refractivity contribution in [3.63, 3.8) is 0 Å². The molecule has 0 atom stereocenters. The highest BCUT2D eigenvalue weighted by molar-refractivity contribution is 7.10. The Hall–Kier alpha value is -2.42. The number of aromatic nitrogens is 6. The SMILES string of the molecule is Cc1c(-n2nnn(C)c2=O)csc1COc1ccn[nH]1. The zero-order valence-electron chi connectivity index (χ0n) is 10.9. The molecule has 9 heteroatoms. The molecular formula is C11H12N6O2S. The normalized spacial score (nSPS) is 10.9. The first kappa shape index (κ1) is 12.6. The zero-order chi connectivity index (χ0) is 14.1. The van der Waals surface area contributed by atoms with Gasteiger partial charge in [-0.15, -0.1) is 11.3 Å². The smallest absolute Gasteiger partial charge is 0.368 e. The molecule has 0 saturated heterocycles. The topological polar surface area (TPSA) is 90.6 Å². The molecule has 0 aromatic carbocycles. The molecule has 104 valence electrons. The van der Waals surface area contributed by atoms with Gasteiger partial charge in [0.2, 0.25) is 5.88 Å². The third-order valence-corrected chi connectivity index (χ3v) is 3.95. The van der Waals surface area contributed by atoms with Crippen molar-refractivity contribution in [1.29, 1.82) is 0 Å². The summed E-state index contributed by atoms with van der Waals surface area (Å²) in [5.74, 6) is 0.607. The fraction of sp³-hybridized carbons (Fsp3) is 0.273. The lowest BCUT2D eigenvalue weighted by atomic mass is 10.2. The van der Waals surface area contributed by atoms with Crippen LogP contribution in [0.4, 0.5) is 0 Å². The summed E-state index contributed by atoms with van der Waals surface area (Å²) in [4.78, 5) is 12.9. The van der Waals surface area contributed by atoms with Gasteiger partial charge in [0.15, 0.2) is 0 Å². The molecule has 8 nitrogen and oxygen atoms in total. The molecule has 0 spiro atoms. The first-order valence-corrected chi connectivity index (χ1v) is 6.73. The summed E-state index contributed by atoms with van der Waals surface area (Å²) >= 11 is 1.51. The Labute approximate surface area is 117 Å². The van der Waals surface area contributed by atoms with Crippen molar-refractivity contribution < 1.29 is 4.74 Å². The molecule has 20 heavy (non-hydrogen) atoms. The minimum atomic E-state index is -0.271. The minimum Gasteiger partial charge on any atom is -0.472 e. The molecule has 0 unspecified atom stereocenters. The van der Waals surface area contributed by atoms with Crippen molar-refractivity contribution in [1.82, 2.24) is 30.0 Å². The third-order valence-electron chi connectivity index (χ3n) is 2.90. The average molecular weight is 292 g/mol. The molecule has 3 aromatic rings.